The summed E-state index contributed by atoms with van der Waals surface area (Å²) in [5.41, 5.74) is 3.33. The van der Waals surface area contributed by atoms with E-state index in [2.05, 4.69) is 15.3 Å². The van der Waals surface area contributed by atoms with Gasteiger partial charge in [-0.2, -0.15) is 0 Å². The number of H-pyrrole nitrogens is 1. The van der Waals surface area contributed by atoms with Crippen molar-refractivity contribution in [2.45, 2.75) is 6.42 Å². The summed E-state index contributed by atoms with van der Waals surface area (Å²) < 4.78 is 11.3. The molecule has 2 N–H and O–H groups in total. The Morgan fingerprint density at radius 3 is 2.79 bits per heavy atom. The number of carbonyl (C=O) groups excluding carboxylic acids is 1. The number of carbonyl (C=O) groups is 1. The van der Waals surface area contributed by atoms with Crippen molar-refractivity contribution in [3.63, 3.8) is 0 Å². The Morgan fingerprint density at radius 1 is 1.11 bits per heavy atom. The van der Waals surface area contributed by atoms with Gasteiger partial charge < -0.3 is 19.8 Å². The number of aromatic amines is 1. The number of ether oxygens (including phenoxy) is 2. The molecule has 28 heavy (non-hydrogen) atoms. The number of rotatable bonds is 4. The van der Waals surface area contributed by atoms with Gasteiger partial charge >= 0.3 is 0 Å². The summed E-state index contributed by atoms with van der Waals surface area (Å²) in [7, 11) is 0. The van der Waals surface area contributed by atoms with E-state index in [1.54, 1.807) is 11.3 Å². The smallest absolute Gasteiger partial charge is 0.229 e. The lowest BCUT2D eigenvalue weighted by Gasteiger charge is -2.17. The molecule has 3 heterocycles. The summed E-state index contributed by atoms with van der Waals surface area (Å²) in [6, 6.07) is 15.4. The maximum atomic E-state index is 12.3. The molecular formula is C21H17N3O3S. The standard InChI is InChI=1S/C21H17N3O3S/c25-20(10-15-5-2-8-28-15)22-14-4-1-3-13(9-14)21-23-16-11-18-19(12-17(16)24-21)27-7-6-26-18/h1-5,8-9,11-12H,6-7,10H2,(H,22,25)(H,23,24). The van der Waals surface area contributed by atoms with Crippen molar-refractivity contribution >= 4 is 34.0 Å². The highest BCUT2D eigenvalue weighted by atomic mass is 32.1. The molecule has 140 valence electrons. The molecule has 4 aromatic rings. The van der Waals surface area contributed by atoms with Gasteiger partial charge in [0.25, 0.3) is 0 Å². The van der Waals surface area contributed by atoms with Gasteiger partial charge in [0.05, 0.1) is 17.5 Å². The summed E-state index contributed by atoms with van der Waals surface area (Å²) in [4.78, 5) is 21.3. The van der Waals surface area contributed by atoms with Gasteiger partial charge in [-0.3, -0.25) is 4.79 Å². The number of thiophene rings is 1. The first-order chi connectivity index (χ1) is 13.7. The van der Waals surface area contributed by atoms with Crippen molar-refractivity contribution < 1.29 is 14.3 Å². The van der Waals surface area contributed by atoms with Crippen molar-refractivity contribution in [1.82, 2.24) is 9.97 Å². The average molecular weight is 391 g/mol. The summed E-state index contributed by atoms with van der Waals surface area (Å²) >= 11 is 1.58. The van der Waals surface area contributed by atoms with Crippen LogP contribution in [0.15, 0.2) is 53.9 Å². The first kappa shape index (κ1) is 16.8. The van der Waals surface area contributed by atoms with Crippen LogP contribution in [-0.2, 0) is 11.2 Å². The number of aromatic nitrogens is 2. The second kappa shape index (κ2) is 7.01. The van der Waals surface area contributed by atoms with Gasteiger partial charge in [0, 0.05) is 28.3 Å². The normalized spacial score (nSPS) is 12.9. The van der Waals surface area contributed by atoms with E-state index in [1.807, 2.05) is 53.9 Å². The van der Waals surface area contributed by atoms with Crippen molar-refractivity contribution in [3.8, 4) is 22.9 Å². The predicted octanol–water partition coefficient (Wildman–Crippen LogP) is 4.24. The Kier molecular flexibility index (Phi) is 4.21. The lowest BCUT2D eigenvalue weighted by molar-refractivity contribution is -0.115. The third-order valence-corrected chi connectivity index (χ3v) is 5.36. The molecule has 2 aromatic carbocycles. The Bertz CT molecular complexity index is 1110. The first-order valence-electron chi connectivity index (χ1n) is 8.97. The number of hydrogen-bond donors (Lipinski definition) is 2. The summed E-state index contributed by atoms with van der Waals surface area (Å²) in [5.74, 6) is 2.13. The van der Waals surface area contributed by atoms with E-state index in [-0.39, 0.29) is 5.91 Å². The third kappa shape index (κ3) is 3.32. The lowest BCUT2D eigenvalue weighted by atomic mass is 10.2. The van der Waals surface area contributed by atoms with Crippen LogP contribution in [0, 0.1) is 0 Å². The molecule has 2 aromatic heterocycles. The first-order valence-corrected chi connectivity index (χ1v) is 9.84. The van der Waals surface area contributed by atoms with Crippen LogP contribution in [0.1, 0.15) is 4.88 Å². The Morgan fingerprint density at radius 2 is 1.96 bits per heavy atom. The number of imidazole rings is 1. The van der Waals surface area contributed by atoms with E-state index in [4.69, 9.17) is 9.47 Å². The maximum Gasteiger partial charge on any atom is 0.229 e. The van der Waals surface area contributed by atoms with Crippen LogP contribution in [0.25, 0.3) is 22.4 Å². The highest BCUT2D eigenvalue weighted by Gasteiger charge is 2.15. The fraction of sp³-hybridized carbons (Fsp3) is 0.143. The molecule has 0 bridgehead atoms. The Labute approximate surface area is 165 Å². The second-order valence-electron chi connectivity index (χ2n) is 6.48. The fourth-order valence-electron chi connectivity index (χ4n) is 3.20. The van der Waals surface area contributed by atoms with Crippen molar-refractivity contribution in [2.24, 2.45) is 0 Å². The number of hydrogen-bond acceptors (Lipinski definition) is 5. The summed E-state index contributed by atoms with van der Waals surface area (Å²) in [6.45, 7) is 1.09. The molecule has 0 aliphatic carbocycles. The van der Waals surface area contributed by atoms with E-state index >= 15 is 0 Å². The number of fused-ring (bicyclic) bond motifs is 2. The van der Waals surface area contributed by atoms with Gasteiger partial charge in [0.15, 0.2) is 11.5 Å². The van der Waals surface area contributed by atoms with Crippen molar-refractivity contribution in [2.75, 3.05) is 18.5 Å². The number of nitrogens with zero attached hydrogens (tertiary/aromatic N) is 1. The molecule has 0 saturated carbocycles. The van der Waals surface area contributed by atoms with E-state index in [9.17, 15) is 4.79 Å². The summed E-state index contributed by atoms with van der Waals surface area (Å²) in [5, 5.41) is 4.93. The minimum absolute atomic E-state index is 0.0359. The van der Waals surface area contributed by atoms with Crippen LogP contribution >= 0.6 is 11.3 Å². The molecule has 1 aliphatic rings. The van der Waals surface area contributed by atoms with Crippen molar-refractivity contribution in [3.05, 3.63) is 58.8 Å². The van der Waals surface area contributed by atoms with Gasteiger partial charge in [0.1, 0.15) is 19.0 Å². The monoisotopic (exact) mass is 391 g/mol. The molecule has 7 heteroatoms. The van der Waals surface area contributed by atoms with Gasteiger partial charge in [-0.1, -0.05) is 18.2 Å². The molecule has 0 spiro atoms. The Balaban J connectivity index is 1.40. The highest BCUT2D eigenvalue weighted by Crippen LogP contribution is 2.35. The number of benzene rings is 2. The van der Waals surface area contributed by atoms with Crippen LogP contribution in [0.2, 0.25) is 0 Å². The quantitative estimate of drug-likeness (QED) is 0.545. The van der Waals surface area contributed by atoms with Crippen LogP contribution in [0.5, 0.6) is 11.5 Å². The molecule has 0 fully saturated rings. The van der Waals surface area contributed by atoms with Crippen LogP contribution in [0.4, 0.5) is 5.69 Å². The van der Waals surface area contributed by atoms with Gasteiger partial charge in [0.2, 0.25) is 5.91 Å². The van der Waals surface area contributed by atoms with E-state index in [0.717, 1.165) is 38.7 Å². The lowest BCUT2D eigenvalue weighted by Crippen LogP contribution is -2.15. The van der Waals surface area contributed by atoms with Crippen LogP contribution in [0.3, 0.4) is 0 Å². The maximum absolute atomic E-state index is 12.3. The van der Waals surface area contributed by atoms with Crippen LogP contribution < -0.4 is 14.8 Å². The van der Waals surface area contributed by atoms with E-state index in [0.29, 0.717) is 25.4 Å². The van der Waals surface area contributed by atoms with E-state index < -0.39 is 0 Å². The molecule has 1 aliphatic heterocycles. The fourth-order valence-corrected chi connectivity index (χ4v) is 3.91. The third-order valence-electron chi connectivity index (χ3n) is 4.48. The van der Waals surface area contributed by atoms with Gasteiger partial charge in [-0.25, -0.2) is 4.98 Å². The van der Waals surface area contributed by atoms with Crippen molar-refractivity contribution in [1.29, 1.82) is 0 Å². The topological polar surface area (TPSA) is 76.2 Å². The number of nitrogens with one attached hydrogen (secondary N) is 2. The highest BCUT2D eigenvalue weighted by molar-refractivity contribution is 7.10. The molecule has 1 amide bonds. The van der Waals surface area contributed by atoms with Gasteiger partial charge in [-0.15, -0.1) is 11.3 Å². The molecule has 6 nitrogen and oxygen atoms in total. The second-order valence-corrected chi connectivity index (χ2v) is 7.52. The predicted molar refractivity (Wildman–Crippen MR) is 109 cm³/mol. The molecule has 0 saturated heterocycles. The minimum Gasteiger partial charge on any atom is -0.486 e. The molecule has 0 radical (unpaired) electrons. The molecular weight excluding hydrogens is 374 g/mol. The largest absolute Gasteiger partial charge is 0.486 e. The summed E-state index contributed by atoms with van der Waals surface area (Å²) in [6.07, 6.45) is 0.373. The zero-order chi connectivity index (χ0) is 18.9. The zero-order valence-corrected chi connectivity index (χ0v) is 15.7. The molecule has 5 rings (SSSR count). The van der Waals surface area contributed by atoms with Crippen LogP contribution in [-0.4, -0.2) is 29.1 Å². The average Bonchev–Trinajstić information content (AvgIpc) is 3.35. The molecule has 0 unspecified atom stereocenters. The number of amides is 1. The molecule has 0 atom stereocenters. The minimum atomic E-state index is -0.0359. The zero-order valence-electron chi connectivity index (χ0n) is 14.9. The Hall–Kier alpha value is -3.32. The van der Waals surface area contributed by atoms with Gasteiger partial charge in [-0.05, 0) is 23.6 Å². The number of anilines is 1. The van der Waals surface area contributed by atoms with E-state index in [1.165, 1.54) is 0 Å². The SMILES string of the molecule is O=C(Cc1cccs1)Nc1cccc(-c2nc3cc4c(cc3[nH]2)OCCO4)c1.